The molecular weight excluding hydrogens is 86.1 g/mol. The van der Waals surface area contributed by atoms with Crippen LogP contribution in [0.2, 0.25) is 0 Å². The van der Waals surface area contributed by atoms with Crippen LogP contribution in [0, 0.1) is 5.92 Å². The lowest BCUT2D eigenvalue weighted by atomic mass is 10.2. The van der Waals surface area contributed by atoms with E-state index in [9.17, 15) is 0 Å². The third kappa shape index (κ3) is 3.53. The molecule has 1 unspecified atom stereocenters. The quantitative estimate of drug-likeness (QED) is 0.516. The summed E-state index contributed by atoms with van der Waals surface area (Å²) in [5.74, 6) is 0.546. The smallest absolute Gasteiger partial charge is 0.00168 e. The van der Waals surface area contributed by atoms with Gasteiger partial charge in [0, 0.05) is 0 Å². The first kappa shape index (κ1) is 6.70. The third-order valence-corrected chi connectivity index (χ3v) is 0.893. The Hall–Kier alpha value is -0.300. The first-order valence-electron chi connectivity index (χ1n) is 2.64. The molecule has 0 fully saturated rings. The van der Waals surface area contributed by atoms with Crippen LogP contribution >= 0.6 is 0 Å². The molecule has 0 saturated carbocycles. The van der Waals surface area contributed by atoms with Crippen LogP contribution in [0.5, 0.6) is 0 Å². The highest BCUT2D eigenvalue weighted by molar-refractivity contribution is 4.82. The fourth-order valence-corrected chi connectivity index (χ4v) is 0.407. The van der Waals surface area contributed by atoms with Gasteiger partial charge in [-0.05, 0) is 19.4 Å². The molecule has 1 atom stereocenters. The van der Waals surface area contributed by atoms with Gasteiger partial charge in [-0.1, -0.05) is 19.1 Å². The van der Waals surface area contributed by atoms with Crippen LogP contribution in [0.25, 0.3) is 0 Å². The first-order valence-corrected chi connectivity index (χ1v) is 2.64. The molecule has 0 radical (unpaired) electrons. The van der Waals surface area contributed by atoms with E-state index in [-0.39, 0.29) is 0 Å². The van der Waals surface area contributed by atoms with Gasteiger partial charge in [-0.2, -0.15) is 0 Å². The summed E-state index contributed by atoms with van der Waals surface area (Å²) in [6.45, 7) is 4.86. The molecule has 42 valence electrons. The largest absolute Gasteiger partial charge is 0.330 e. The molecule has 2 N–H and O–H groups in total. The van der Waals surface area contributed by atoms with E-state index >= 15 is 0 Å². The van der Waals surface area contributed by atoms with Crippen LogP contribution in [0.15, 0.2) is 12.2 Å². The highest BCUT2D eigenvalue weighted by atomic mass is 14.5. The Morgan fingerprint density at radius 3 is 2.43 bits per heavy atom. The van der Waals surface area contributed by atoms with Crippen LogP contribution in [-0.2, 0) is 0 Å². The van der Waals surface area contributed by atoms with Crippen molar-refractivity contribution in [3.63, 3.8) is 0 Å². The van der Waals surface area contributed by atoms with Crippen molar-refractivity contribution in [2.45, 2.75) is 13.8 Å². The molecule has 0 aliphatic heterocycles. The monoisotopic (exact) mass is 99.1 g/mol. The fourth-order valence-electron chi connectivity index (χ4n) is 0.407. The average molecular weight is 99.2 g/mol. The summed E-state index contributed by atoms with van der Waals surface area (Å²) in [6.07, 6.45) is 4.12. The van der Waals surface area contributed by atoms with Crippen LogP contribution in [0.1, 0.15) is 13.8 Å². The van der Waals surface area contributed by atoms with Crippen molar-refractivity contribution in [1.82, 2.24) is 0 Å². The van der Waals surface area contributed by atoms with Gasteiger partial charge < -0.3 is 5.73 Å². The van der Waals surface area contributed by atoms with Crippen molar-refractivity contribution < 1.29 is 0 Å². The SMILES string of the molecule is C/C=C/C(C)CN. The van der Waals surface area contributed by atoms with Crippen LogP contribution < -0.4 is 5.73 Å². The molecule has 0 aromatic heterocycles. The van der Waals surface area contributed by atoms with E-state index in [2.05, 4.69) is 13.0 Å². The van der Waals surface area contributed by atoms with Crippen molar-refractivity contribution in [2.75, 3.05) is 6.54 Å². The van der Waals surface area contributed by atoms with Gasteiger partial charge in [0.25, 0.3) is 0 Å². The molecule has 0 saturated heterocycles. The molecule has 1 nitrogen and oxygen atoms in total. The predicted molar refractivity (Wildman–Crippen MR) is 33.0 cm³/mol. The maximum atomic E-state index is 5.31. The van der Waals surface area contributed by atoms with Crippen molar-refractivity contribution in [3.05, 3.63) is 12.2 Å². The maximum Gasteiger partial charge on any atom is -0.00168 e. The van der Waals surface area contributed by atoms with Gasteiger partial charge in [-0.25, -0.2) is 0 Å². The molecule has 0 aromatic carbocycles. The molecule has 0 heterocycles. The number of rotatable bonds is 2. The summed E-state index contributed by atoms with van der Waals surface area (Å²) in [5, 5.41) is 0. The van der Waals surface area contributed by atoms with E-state index in [0.717, 1.165) is 6.54 Å². The minimum absolute atomic E-state index is 0.546. The zero-order chi connectivity index (χ0) is 5.70. The molecule has 1 heteroatoms. The molecular formula is C6H13N. The highest BCUT2D eigenvalue weighted by Crippen LogP contribution is 1.90. The molecule has 0 rings (SSSR count). The number of hydrogen-bond acceptors (Lipinski definition) is 1. The van der Waals surface area contributed by atoms with Crippen molar-refractivity contribution in [2.24, 2.45) is 11.7 Å². The van der Waals surface area contributed by atoms with Crippen molar-refractivity contribution in [3.8, 4) is 0 Å². The molecule has 0 aliphatic carbocycles. The zero-order valence-electron chi connectivity index (χ0n) is 5.02. The van der Waals surface area contributed by atoms with Gasteiger partial charge >= 0.3 is 0 Å². The van der Waals surface area contributed by atoms with E-state index in [1.165, 1.54) is 0 Å². The minimum atomic E-state index is 0.546. The molecule has 0 aliphatic rings. The van der Waals surface area contributed by atoms with Gasteiger partial charge in [0.2, 0.25) is 0 Å². The summed E-state index contributed by atoms with van der Waals surface area (Å²) in [5.41, 5.74) is 5.31. The van der Waals surface area contributed by atoms with Gasteiger partial charge in [-0.3, -0.25) is 0 Å². The summed E-state index contributed by atoms with van der Waals surface area (Å²) in [6, 6.07) is 0. The second-order valence-corrected chi connectivity index (χ2v) is 1.74. The number of hydrogen-bond donors (Lipinski definition) is 1. The Kier molecular flexibility index (Phi) is 3.71. The lowest BCUT2D eigenvalue weighted by molar-refractivity contribution is 0.739. The topological polar surface area (TPSA) is 26.0 Å². The van der Waals surface area contributed by atoms with Gasteiger partial charge in [-0.15, -0.1) is 0 Å². The maximum absolute atomic E-state index is 5.31. The molecule has 0 amide bonds. The Morgan fingerprint density at radius 2 is 2.29 bits per heavy atom. The Bertz CT molecular complexity index is 57.2. The minimum Gasteiger partial charge on any atom is -0.330 e. The second-order valence-electron chi connectivity index (χ2n) is 1.74. The number of allylic oxidation sites excluding steroid dienone is 1. The van der Waals surface area contributed by atoms with E-state index < -0.39 is 0 Å². The van der Waals surface area contributed by atoms with Crippen LogP contribution in [-0.4, -0.2) is 6.54 Å². The van der Waals surface area contributed by atoms with Gasteiger partial charge in [0.1, 0.15) is 0 Å². The fraction of sp³-hybridized carbons (Fsp3) is 0.667. The van der Waals surface area contributed by atoms with Crippen LogP contribution in [0.4, 0.5) is 0 Å². The van der Waals surface area contributed by atoms with E-state index in [1.54, 1.807) is 0 Å². The Labute approximate surface area is 45.2 Å². The van der Waals surface area contributed by atoms with Crippen molar-refractivity contribution >= 4 is 0 Å². The lowest BCUT2D eigenvalue weighted by Gasteiger charge is -1.95. The predicted octanol–water partition coefficient (Wildman–Crippen LogP) is 1.16. The second kappa shape index (κ2) is 3.88. The van der Waals surface area contributed by atoms with Gasteiger partial charge in [0.05, 0.1) is 0 Å². The highest BCUT2D eigenvalue weighted by Gasteiger charge is 1.86. The zero-order valence-corrected chi connectivity index (χ0v) is 5.02. The Morgan fingerprint density at radius 1 is 1.71 bits per heavy atom. The molecule has 0 bridgehead atoms. The lowest BCUT2D eigenvalue weighted by Crippen LogP contribution is -2.07. The van der Waals surface area contributed by atoms with E-state index in [4.69, 9.17) is 5.73 Å². The summed E-state index contributed by atoms with van der Waals surface area (Å²) in [7, 11) is 0. The number of nitrogens with two attached hydrogens (primary N) is 1. The van der Waals surface area contributed by atoms with E-state index in [1.807, 2.05) is 13.0 Å². The molecule has 0 spiro atoms. The summed E-state index contributed by atoms with van der Waals surface area (Å²) < 4.78 is 0. The average Bonchev–Trinajstić information content (AvgIpc) is 1.68. The molecule has 0 aromatic rings. The van der Waals surface area contributed by atoms with Crippen LogP contribution in [0.3, 0.4) is 0 Å². The Balaban J connectivity index is 3.16. The molecule has 7 heavy (non-hydrogen) atoms. The normalized spacial score (nSPS) is 15.3. The summed E-state index contributed by atoms with van der Waals surface area (Å²) in [4.78, 5) is 0. The van der Waals surface area contributed by atoms with E-state index in [0.29, 0.717) is 5.92 Å². The van der Waals surface area contributed by atoms with Crippen molar-refractivity contribution in [1.29, 1.82) is 0 Å². The standard InChI is InChI=1S/C6H13N/c1-3-4-6(2)5-7/h3-4,6H,5,7H2,1-2H3/b4-3+. The summed E-state index contributed by atoms with van der Waals surface area (Å²) >= 11 is 0. The van der Waals surface area contributed by atoms with Gasteiger partial charge in [0.15, 0.2) is 0 Å². The third-order valence-electron chi connectivity index (χ3n) is 0.893. The first-order chi connectivity index (χ1) is 3.31.